The van der Waals surface area contributed by atoms with Crippen LogP contribution in [-0.4, -0.2) is 43.2 Å². The number of nitrogens with one attached hydrogen (secondary N) is 1. The smallest absolute Gasteiger partial charge is 0.252 e. The lowest BCUT2D eigenvalue weighted by Gasteiger charge is -2.39. The van der Waals surface area contributed by atoms with Gasteiger partial charge in [-0.05, 0) is 48.6 Å². The Balaban J connectivity index is 1.28. The number of hydrogen-bond acceptors (Lipinski definition) is 4. The van der Waals surface area contributed by atoms with Crippen LogP contribution in [0.3, 0.4) is 0 Å². The number of rotatable bonds is 6. The molecule has 5 nitrogen and oxygen atoms in total. The van der Waals surface area contributed by atoms with Crippen LogP contribution in [0, 0.1) is 0 Å². The molecule has 2 fully saturated rings. The minimum absolute atomic E-state index is 0.0384. The number of fused-ring (bicyclic) bond motifs is 3. The summed E-state index contributed by atoms with van der Waals surface area (Å²) >= 11 is 0. The van der Waals surface area contributed by atoms with Crippen molar-refractivity contribution in [2.24, 2.45) is 0 Å². The minimum atomic E-state index is 0.0384. The quantitative estimate of drug-likeness (QED) is 0.611. The molecule has 2 atom stereocenters. The number of carbonyl (C=O) groups excluding carboxylic acids is 1. The Hall–Kier alpha value is -3.05. The number of amides is 1. The van der Waals surface area contributed by atoms with E-state index in [0.29, 0.717) is 12.1 Å². The molecular weight excluding hydrogens is 400 g/mol. The van der Waals surface area contributed by atoms with Crippen molar-refractivity contribution in [3.8, 4) is 11.5 Å². The van der Waals surface area contributed by atoms with Crippen molar-refractivity contribution in [1.82, 2.24) is 10.2 Å². The molecule has 166 valence electrons. The summed E-state index contributed by atoms with van der Waals surface area (Å²) in [7, 11) is 3.38. The number of methoxy groups -OCH3 is 2. The first-order valence-electron chi connectivity index (χ1n) is 11.4. The summed E-state index contributed by atoms with van der Waals surface area (Å²) in [5, 5.41) is 5.46. The molecule has 32 heavy (non-hydrogen) atoms. The van der Waals surface area contributed by atoms with Crippen LogP contribution in [-0.2, 0) is 6.54 Å². The predicted octanol–water partition coefficient (Wildman–Crippen LogP) is 4.78. The van der Waals surface area contributed by atoms with E-state index in [1.54, 1.807) is 14.2 Å². The number of hydrogen-bond donors (Lipinski definition) is 1. The average molecular weight is 431 g/mol. The van der Waals surface area contributed by atoms with Gasteiger partial charge in [0.15, 0.2) is 0 Å². The molecule has 2 bridgehead atoms. The van der Waals surface area contributed by atoms with Gasteiger partial charge in [-0.1, -0.05) is 42.5 Å². The fourth-order valence-corrected chi connectivity index (χ4v) is 5.52. The lowest BCUT2D eigenvalue weighted by atomic mass is 9.95. The van der Waals surface area contributed by atoms with Crippen molar-refractivity contribution in [2.75, 3.05) is 14.2 Å². The van der Waals surface area contributed by atoms with Crippen LogP contribution in [0.1, 0.15) is 41.6 Å². The molecule has 2 saturated heterocycles. The highest BCUT2D eigenvalue weighted by atomic mass is 16.5. The molecule has 2 aliphatic rings. The van der Waals surface area contributed by atoms with Crippen LogP contribution in [0.25, 0.3) is 10.8 Å². The maximum Gasteiger partial charge on any atom is 0.252 e. The van der Waals surface area contributed by atoms with E-state index in [9.17, 15) is 4.79 Å². The van der Waals surface area contributed by atoms with Crippen LogP contribution in [0.4, 0.5) is 0 Å². The Morgan fingerprint density at radius 1 is 0.969 bits per heavy atom. The lowest BCUT2D eigenvalue weighted by molar-refractivity contribution is 0.0827. The normalized spacial score (nSPS) is 22.6. The largest absolute Gasteiger partial charge is 0.497 e. The molecule has 0 aromatic heterocycles. The van der Waals surface area contributed by atoms with Gasteiger partial charge in [0.2, 0.25) is 0 Å². The molecule has 5 heteroatoms. The van der Waals surface area contributed by atoms with Crippen molar-refractivity contribution in [3.05, 3.63) is 71.8 Å². The summed E-state index contributed by atoms with van der Waals surface area (Å²) in [6.45, 7) is 0.868. The Morgan fingerprint density at radius 3 is 2.47 bits per heavy atom. The zero-order chi connectivity index (χ0) is 22.1. The van der Waals surface area contributed by atoms with Crippen molar-refractivity contribution in [1.29, 1.82) is 0 Å². The molecule has 0 spiro atoms. The maximum atomic E-state index is 13.1. The van der Waals surface area contributed by atoms with Crippen LogP contribution < -0.4 is 14.8 Å². The van der Waals surface area contributed by atoms with Gasteiger partial charge in [0.05, 0.1) is 14.2 Å². The number of benzene rings is 3. The Morgan fingerprint density at radius 2 is 1.72 bits per heavy atom. The Labute approximate surface area is 189 Å². The van der Waals surface area contributed by atoms with Crippen LogP contribution in [0.15, 0.2) is 60.7 Å². The van der Waals surface area contributed by atoms with E-state index < -0.39 is 0 Å². The highest BCUT2D eigenvalue weighted by molar-refractivity contribution is 6.07. The first kappa shape index (κ1) is 20.8. The maximum absolute atomic E-state index is 13.1. The number of ether oxygens (including phenoxy) is 2. The monoisotopic (exact) mass is 430 g/mol. The van der Waals surface area contributed by atoms with Gasteiger partial charge in [0.1, 0.15) is 11.5 Å². The van der Waals surface area contributed by atoms with E-state index in [2.05, 4.69) is 28.4 Å². The molecule has 0 aliphatic carbocycles. The molecule has 2 unspecified atom stereocenters. The highest BCUT2D eigenvalue weighted by Crippen LogP contribution is 2.38. The second kappa shape index (κ2) is 8.83. The van der Waals surface area contributed by atoms with E-state index in [4.69, 9.17) is 9.47 Å². The summed E-state index contributed by atoms with van der Waals surface area (Å²) in [5.74, 6) is 1.72. The number of nitrogens with zero attached hydrogens (tertiary/aromatic N) is 1. The third kappa shape index (κ3) is 3.93. The summed E-state index contributed by atoms with van der Waals surface area (Å²) in [5.41, 5.74) is 1.95. The zero-order valence-electron chi connectivity index (χ0n) is 18.7. The molecule has 0 saturated carbocycles. The van der Waals surface area contributed by atoms with E-state index in [1.807, 2.05) is 42.5 Å². The van der Waals surface area contributed by atoms with Gasteiger partial charge in [0, 0.05) is 41.9 Å². The van der Waals surface area contributed by atoms with Gasteiger partial charge in [-0.3, -0.25) is 9.69 Å². The number of piperidine rings is 1. The molecular formula is C27H30N2O3. The first-order chi connectivity index (χ1) is 15.7. The third-order valence-electron chi connectivity index (χ3n) is 7.10. The van der Waals surface area contributed by atoms with Crippen molar-refractivity contribution in [3.63, 3.8) is 0 Å². The standard InChI is InChI=1S/C27H30N2O3/c1-31-23-13-10-19(26(16-23)32-2)17-29-21-11-12-22(29)15-20(14-21)28-27(30)25-9-5-7-18-6-3-4-8-24(18)25/h3-10,13,16,20-22H,11-12,14-15,17H2,1-2H3,(H,28,30). The van der Waals surface area contributed by atoms with Crippen LogP contribution >= 0.6 is 0 Å². The predicted molar refractivity (Wildman–Crippen MR) is 126 cm³/mol. The van der Waals surface area contributed by atoms with E-state index in [-0.39, 0.29) is 11.9 Å². The molecule has 0 radical (unpaired) electrons. The summed E-state index contributed by atoms with van der Waals surface area (Å²) in [4.78, 5) is 15.7. The highest BCUT2D eigenvalue weighted by Gasteiger charge is 2.41. The van der Waals surface area contributed by atoms with Crippen molar-refractivity contribution < 1.29 is 14.3 Å². The third-order valence-corrected chi connectivity index (χ3v) is 7.10. The summed E-state index contributed by atoms with van der Waals surface area (Å²) in [6.07, 6.45) is 4.35. The minimum Gasteiger partial charge on any atom is -0.497 e. The van der Waals surface area contributed by atoms with Crippen molar-refractivity contribution >= 4 is 16.7 Å². The first-order valence-corrected chi connectivity index (χ1v) is 11.4. The Bertz CT molecular complexity index is 1110. The second-order valence-corrected chi connectivity index (χ2v) is 8.90. The van der Waals surface area contributed by atoms with Gasteiger partial charge in [-0.15, -0.1) is 0 Å². The topological polar surface area (TPSA) is 50.8 Å². The van der Waals surface area contributed by atoms with E-state index in [1.165, 1.54) is 18.4 Å². The SMILES string of the molecule is COc1ccc(CN2C3CCC2CC(NC(=O)c2cccc4ccccc24)C3)c(OC)c1. The van der Waals surface area contributed by atoms with Crippen molar-refractivity contribution in [2.45, 2.75) is 50.4 Å². The van der Waals surface area contributed by atoms with Gasteiger partial charge in [-0.2, -0.15) is 0 Å². The Kier molecular flexibility index (Phi) is 5.75. The molecule has 2 heterocycles. The van der Waals surface area contributed by atoms with Gasteiger partial charge in [0.25, 0.3) is 5.91 Å². The number of carbonyl (C=O) groups is 1. The van der Waals surface area contributed by atoms with E-state index in [0.717, 1.165) is 47.2 Å². The van der Waals surface area contributed by atoms with Crippen LogP contribution in [0.2, 0.25) is 0 Å². The fourth-order valence-electron chi connectivity index (χ4n) is 5.52. The molecule has 5 rings (SSSR count). The second-order valence-electron chi connectivity index (χ2n) is 8.90. The average Bonchev–Trinajstić information content (AvgIpc) is 3.06. The fraction of sp³-hybridized carbons (Fsp3) is 0.370. The summed E-state index contributed by atoms with van der Waals surface area (Å²) < 4.78 is 11.0. The molecule has 1 amide bonds. The van der Waals surface area contributed by atoms with Gasteiger partial charge >= 0.3 is 0 Å². The lowest BCUT2D eigenvalue weighted by Crippen LogP contribution is -2.50. The van der Waals surface area contributed by atoms with Gasteiger partial charge < -0.3 is 14.8 Å². The van der Waals surface area contributed by atoms with E-state index >= 15 is 0 Å². The molecule has 3 aromatic carbocycles. The van der Waals surface area contributed by atoms with Crippen LogP contribution in [0.5, 0.6) is 11.5 Å². The molecule has 3 aromatic rings. The zero-order valence-corrected chi connectivity index (χ0v) is 18.7. The van der Waals surface area contributed by atoms with Gasteiger partial charge in [-0.25, -0.2) is 0 Å². The molecule has 2 aliphatic heterocycles. The molecule has 1 N–H and O–H groups in total. The summed E-state index contributed by atoms with van der Waals surface area (Å²) in [6, 6.07) is 21.3.